The molecule has 1 amide bonds. The van der Waals surface area contributed by atoms with E-state index in [9.17, 15) is 9.18 Å². The summed E-state index contributed by atoms with van der Waals surface area (Å²) in [6, 6.07) is 6.06. The van der Waals surface area contributed by atoms with Crippen LogP contribution < -0.4 is 5.32 Å². The Balaban J connectivity index is 0.00000112. The fourth-order valence-corrected chi connectivity index (χ4v) is 1.47. The molecule has 1 aliphatic heterocycles. The smallest absolute Gasteiger partial charge is 0.407 e. The van der Waals surface area contributed by atoms with Gasteiger partial charge in [-0.1, -0.05) is 12.1 Å². The number of ether oxygens (including phenoxy) is 1. The average molecular weight is 232 g/mol. The van der Waals surface area contributed by atoms with Gasteiger partial charge in [0.1, 0.15) is 5.82 Å². The molecule has 0 aliphatic carbocycles. The summed E-state index contributed by atoms with van der Waals surface area (Å²) in [4.78, 5) is 10.9. The highest BCUT2D eigenvalue weighted by Crippen LogP contribution is 2.19. The maximum atomic E-state index is 12.6. The zero-order valence-corrected chi connectivity index (χ0v) is 8.72. The van der Waals surface area contributed by atoms with Gasteiger partial charge in [-0.3, -0.25) is 0 Å². The molecule has 0 bridgehead atoms. The lowest BCUT2D eigenvalue weighted by atomic mass is 10.0. The van der Waals surface area contributed by atoms with Crippen molar-refractivity contribution in [1.82, 2.24) is 5.32 Å². The molecule has 0 saturated carbocycles. The van der Waals surface area contributed by atoms with Crippen LogP contribution in [0.2, 0.25) is 0 Å². The van der Waals surface area contributed by atoms with Crippen molar-refractivity contribution < 1.29 is 13.9 Å². The van der Waals surface area contributed by atoms with E-state index in [1.165, 1.54) is 12.1 Å². The Labute approximate surface area is 93.0 Å². The lowest BCUT2D eigenvalue weighted by molar-refractivity contribution is 0.115. The predicted octanol–water partition coefficient (Wildman–Crippen LogP) is 2.42. The molecule has 0 radical (unpaired) electrons. The molecule has 1 N–H and O–H groups in total. The second-order valence-electron chi connectivity index (χ2n) is 3.17. The summed E-state index contributed by atoms with van der Waals surface area (Å²) in [5, 5.41) is 2.67. The molecule has 1 aliphatic rings. The van der Waals surface area contributed by atoms with E-state index >= 15 is 0 Å². The molecule has 0 aromatic heterocycles. The zero-order chi connectivity index (χ0) is 9.97. The summed E-state index contributed by atoms with van der Waals surface area (Å²) in [5.74, 6) is -0.271. The monoisotopic (exact) mass is 231 g/mol. The number of halogens is 2. The Morgan fingerprint density at radius 2 is 2.00 bits per heavy atom. The van der Waals surface area contributed by atoms with Gasteiger partial charge < -0.3 is 10.1 Å². The highest BCUT2D eigenvalue weighted by atomic mass is 35.5. The molecule has 3 nitrogen and oxygen atoms in total. The van der Waals surface area contributed by atoms with Crippen molar-refractivity contribution >= 4 is 18.5 Å². The quantitative estimate of drug-likeness (QED) is 0.806. The van der Waals surface area contributed by atoms with Gasteiger partial charge in [0.25, 0.3) is 0 Å². The molecular weight excluding hydrogens is 221 g/mol. The predicted molar refractivity (Wildman–Crippen MR) is 55.5 cm³/mol. The largest absolute Gasteiger partial charge is 0.449 e. The van der Waals surface area contributed by atoms with Crippen molar-refractivity contribution in [3.63, 3.8) is 0 Å². The minimum absolute atomic E-state index is 0. The first-order chi connectivity index (χ1) is 6.75. The van der Waals surface area contributed by atoms with Crippen LogP contribution in [-0.4, -0.2) is 12.7 Å². The normalized spacial score (nSPS) is 19.8. The third kappa shape index (κ3) is 2.83. The van der Waals surface area contributed by atoms with Gasteiger partial charge in [0.05, 0.1) is 12.6 Å². The summed E-state index contributed by atoms with van der Waals surface area (Å²) >= 11 is 0. The van der Waals surface area contributed by atoms with Crippen LogP contribution in [0.1, 0.15) is 18.0 Å². The van der Waals surface area contributed by atoms with E-state index in [1.54, 1.807) is 12.1 Å². The van der Waals surface area contributed by atoms with Gasteiger partial charge in [0.2, 0.25) is 0 Å². The molecule has 0 spiro atoms. The van der Waals surface area contributed by atoms with Gasteiger partial charge in [-0.05, 0) is 17.7 Å². The zero-order valence-electron chi connectivity index (χ0n) is 7.90. The maximum absolute atomic E-state index is 12.6. The number of rotatable bonds is 1. The fourth-order valence-electron chi connectivity index (χ4n) is 1.47. The summed E-state index contributed by atoms with van der Waals surface area (Å²) in [7, 11) is 0. The van der Waals surface area contributed by atoms with Crippen molar-refractivity contribution in [2.75, 3.05) is 6.61 Å². The van der Waals surface area contributed by atoms with Crippen LogP contribution in [0.15, 0.2) is 24.3 Å². The van der Waals surface area contributed by atoms with E-state index in [-0.39, 0.29) is 24.3 Å². The minimum Gasteiger partial charge on any atom is -0.449 e. The summed E-state index contributed by atoms with van der Waals surface area (Å²) < 4.78 is 17.3. The SMILES string of the molecule is Cl.O=C1N[C@@H](c2ccc(F)cc2)CCO1. The molecule has 15 heavy (non-hydrogen) atoms. The standard InChI is InChI=1S/C10H10FNO2.ClH/c11-8-3-1-7(2-4-8)9-5-6-14-10(13)12-9;/h1-4,9H,5-6H2,(H,12,13);1H/t9-;/m1./s1. The first-order valence-corrected chi connectivity index (χ1v) is 4.44. The highest BCUT2D eigenvalue weighted by Gasteiger charge is 2.20. The van der Waals surface area contributed by atoms with E-state index in [1.807, 2.05) is 0 Å². The first kappa shape index (κ1) is 11.8. The molecule has 1 aromatic carbocycles. The Morgan fingerprint density at radius 3 is 2.60 bits per heavy atom. The van der Waals surface area contributed by atoms with Crippen LogP contribution in [0.3, 0.4) is 0 Å². The number of nitrogens with one attached hydrogen (secondary N) is 1. The van der Waals surface area contributed by atoms with Crippen molar-refractivity contribution in [2.45, 2.75) is 12.5 Å². The second-order valence-corrected chi connectivity index (χ2v) is 3.17. The summed E-state index contributed by atoms with van der Waals surface area (Å²) in [5.41, 5.74) is 0.906. The molecule has 1 atom stereocenters. The number of hydrogen-bond donors (Lipinski definition) is 1. The van der Waals surface area contributed by atoms with E-state index < -0.39 is 6.09 Å². The van der Waals surface area contributed by atoms with Crippen LogP contribution >= 0.6 is 12.4 Å². The number of hydrogen-bond acceptors (Lipinski definition) is 2. The lowest BCUT2D eigenvalue weighted by Crippen LogP contribution is -2.35. The Hall–Kier alpha value is -1.29. The molecule has 5 heteroatoms. The van der Waals surface area contributed by atoms with Crippen LogP contribution in [-0.2, 0) is 4.74 Å². The molecule has 0 unspecified atom stereocenters. The van der Waals surface area contributed by atoms with Crippen LogP contribution in [0.5, 0.6) is 0 Å². The van der Waals surface area contributed by atoms with Crippen molar-refractivity contribution in [3.05, 3.63) is 35.6 Å². The van der Waals surface area contributed by atoms with Crippen LogP contribution in [0, 0.1) is 5.82 Å². The van der Waals surface area contributed by atoms with Crippen LogP contribution in [0.4, 0.5) is 9.18 Å². The van der Waals surface area contributed by atoms with Gasteiger partial charge in [0, 0.05) is 6.42 Å². The van der Waals surface area contributed by atoms with E-state index in [0.29, 0.717) is 6.61 Å². The van der Waals surface area contributed by atoms with E-state index in [2.05, 4.69) is 5.32 Å². The van der Waals surface area contributed by atoms with Crippen LogP contribution in [0.25, 0.3) is 0 Å². The summed E-state index contributed by atoms with van der Waals surface area (Å²) in [6.07, 6.45) is 0.308. The van der Waals surface area contributed by atoms with Crippen molar-refractivity contribution in [2.24, 2.45) is 0 Å². The number of carbonyl (C=O) groups excluding carboxylic acids is 1. The highest BCUT2D eigenvalue weighted by molar-refractivity contribution is 5.85. The van der Waals surface area contributed by atoms with Crippen molar-refractivity contribution in [1.29, 1.82) is 0 Å². The van der Waals surface area contributed by atoms with Gasteiger partial charge >= 0.3 is 6.09 Å². The number of cyclic esters (lactones) is 1. The van der Waals surface area contributed by atoms with E-state index in [4.69, 9.17) is 4.74 Å². The molecule has 1 heterocycles. The van der Waals surface area contributed by atoms with Gasteiger partial charge in [0.15, 0.2) is 0 Å². The molecule has 1 fully saturated rings. The van der Waals surface area contributed by atoms with Gasteiger partial charge in [-0.2, -0.15) is 0 Å². The Bertz CT molecular complexity index is 342. The molecule has 82 valence electrons. The third-order valence-electron chi connectivity index (χ3n) is 2.20. The number of amides is 1. The van der Waals surface area contributed by atoms with E-state index in [0.717, 1.165) is 12.0 Å². The topological polar surface area (TPSA) is 38.3 Å². The molecule has 2 rings (SSSR count). The van der Waals surface area contributed by atoms with Crippen molar-refractivity contribution in [3.8, 4) is 0 Å². The lowest BCUT2D eigenvalue weighted by Gasteiger charge is -2.23. The summed E-state index contributed by atoms with van der Waals surface area (Å²) in [6.45, 7) is 0.411. The minimum atomic E-state index is -0.412. The number of benzene rings is 1. The fraction of sp³-hybridized carbons (Fsp3) is 0.300. The Kier molecular flexibility index (Phi) is 3.91. The average Bonchev–Trinajstić information content (AvgIpc) is 2.19. The second kappa shape index (κ2) is 4.98. The number of carbonyl (C=O) groups is 1. The molecular formula is C10H11ClFNO2. The first-order valence-electron chi connectivity index (χ1n) is 4.44. The van der Waals surface area contributed by atoms with Gasteiger partial charge in [-0.15, -0.1) is 12.4 Å². The third-order valence-corrected chi connectivity index (χ3v) is 2.20. The molecule has 1 aromatic rings. The Morgan fingerprint density at radius 1 is 1.33 bits per heavy atom. The number of alkyl carbamates (subject to hydrolysis) is 1. The van der Waals surface area contributed by atoms with Gasteiger partial charge in [-0.25, -0.2) is 9.18 Å². The maximum Gasteiger partial charge on any atom is 0.407 e. The molecule has 1 saturated heterocycles.